The van der Waals surface area contributed by atoms with Crippen LogP contribution >= 0.6 is 0 Å². The molecule has 0 saturated carbocycles. The first kappa shape index (κ1) is 12.7. The highest BCUT2D eigenvalue weighted by Gasteiger charge is 2.16. The van der Waals surface area contributed by atoms with Gasteiger partial charge in [-0.05, 0) is 19.3 Å². The van der Waals surface area contributed by atoms with Gasteiger partial charge in [0.25, 0.3) is 0 Å². The van der Waals surface area contributed by atoms with Gasteiger partial charge in [0.05, 0.1) is 0 Å². The molecule has 0 radical (unpaired) electrons. The maximum absolute atomic E-state index is 5.93. The molecule has 0 saturated heterocycles. The third-order valence-corrected chi connectivity index (χ3v) is 2.65. The fourth-order valence-electron chi connectivity index (χ4n) is 1.89. The van der Waals surface area contributed by atoms with E-state index >= 15 is 0 Å². The maximum Gasteiger partial charge on any atom is 0.137 e. The molecule has 0 unspecified atom stereocenters. The summed E-state index contributed by atoms with van der Waals surface area (Å²) in [5.74, 6) is 1.95. The van der Waals surface area contributed by atoms with Gasteiger partial charge < -0.3 is 10.6 Å². The Kier molecular flexibility index (Phi) is 4.52. The molecule has 0 aliphatic carbocycles. The van der Waals surface area contributed by atoms with Crippen LogP contribution in [0.2, 0.25) is 0 Å². The van der Waals surface area contributed by atoms with Crippen molar-refractivity contribution in [3.8, 4) is 0 Å². The lowest BCUT2D eigenvalue weighted by Crippen LogP contribution is -2.26. The molecule has 1 aromatic rings. The van der Waals surface area contributed by atoms with Gasteiger partial charge in [0, 0.05) is 18.7 Å². The minimum atomic E-state index is 0.349. The van der Waals surface area contributed by atoms with Crippen molar-refractivity contribution in [2.24, 2.45) is 0 Å². The van der Waals surface area contributed by atoms with E-state index in [9.17, 15) is 0 Å². The van der Waals surface area contributed by atoms with Crippen molar-refractivity contribution in [2.45, 2.75) is 40.0 Å². The summed E-state index contributed by atoms with van der Waals surface area (Å²) in [6.07, 6.45) is 2.66. The molecule has 4 heteroatoms. The molecule has 0 aliphatic rings. The van der Waals surface area contributed by atoms with E-state index in [1.165, 1.54) is 0 Å². The highest BCUT2D eigenvalue weighted by Crippen LogP contribution is 2.28. The first-order valence-corrected chi connectivity index (χ1v) is 5.97. The van der Waals surface area contributed by atoms with Crippen LogP contribution in [-0.2, 0) is 0 Å². The molecule has 0 atom stereocenters. The summed E-state index contributed by atoms with van der Waals surface area (Å²) in [6, 6.07) is 0. The zero-order valence-corrected chi connectivity index (χ0v) is 10.7. The molecular formula is C12H22N4. The molecule has 0 amide bonds. The van der Waals surface area contributed by atoms with Gasteiger partial charge in [-0.25, -0.2) is 9.97 Å². The van der Waals surface area contributed by atoms with Crippen molar-refractivity contribution in [1.82, 2.24) is 9.97 Å². The fourth-order valence-corrected chi connectivity index (χ4v) is 1.89. The Morgan fingerprint density at radius 1 is 1.31 bits per heavy atom. The van der Waals surface area contributed by atoms with Crippen molar-refractivity contribution in [1.29, 1.82) is 0 Å². The minimum Gasteiger partial charge on any atom is -0.383 e. The van der Waals surface area contributed by atoms with Gasteiger partial charge in [0.15, 0.2) is 0 Å². The lowest BCUT2D eigenvalue weighted by atomic mass is 10.0. The number of nitrogens with two attached hydrogens (primary N) is 1. The summed E-state index contributed by atoms with van der Waals surface area (Å²) in [6.45, 7) is 10.5. The van der Waals surface area contributed by atoms with E-state index in [4.69, 9.17) is 5.73 Å². The van der Waals surface area contributed by atoms with Gasteiger partial charge in [-0.2, -0.15) is 0 Å². The molecule has 16 heavy (non-hydrogen) atoms. The second kappa shape index (κ2) is 5.68. The van der Waals surface area contributed by atoms with Gasteiger partial charge in [-0.15, -0.1) is 0 Å². The largest absolute Gasteiger partial charge is 0.383 e. The fraction of sp³-hybridized carbons (Fsp3) is 0.667. The van der Waals surface area contributed by atoms with Crippen molar-refractivity contribution in [3.63, 3.8) is 0 Å². The van der Waals surface area contributed by atoms with Crippen LogP contribution in [0.15, 0.2) is 6.33 Å². The predicted molar refractivity (Wildman–Crippen MR) is 68.7 cm³/mol. The first-order valence-electron chi connectivity index (χ1n) is 5.97. The van der Waals surface area contributed by atoms with Crippen LogP contribution in [-0.4, -0.2) is 23.1 Å². The Bertz CT molecular complexity index is 336. The molecule has 90 valence electrons. The van der Waals surface area contributed by atoms with Gasteiger partial charge in [-0.3, -0.25) is 0 Å². The standard InChI is InChI=1S/C12H22N4/c1-5-7-16(6-2)12-10(9(3)4)11(13)14-8-15-12/h8-9H,5-7H2,1-4H3,(H2,13,14,15). The molecule has 0 spiro atoms. The quantitative estimate of drug-likeness (QED) is 0.831. The average molecular weight is 222 g/mol. The minimum absolute atomic E-state index is 0.349. The van der Waals surface area contributed by atoms with Gasteiger partial charge >= 0.3 is 0 Å². The van der Waals surface area contributed by atoms with Crippen LogP contribution in [0.5, 0.6) is 0 Å². The Labute approximate surface area is 97.9 Å². The number of rotatable bonds is 5. The molecule has 1 rings (SSSR count). The Morgan fingerprint density at radius 2 is 2.00 bits per heavy atom. The smallest absolute Gasteiger partial charge is 0.137 e. The Balaban J connectivity index is 3.15. The lowest BCUT2D eigenvalue weighted by molar-refractivity contribution is 0.752. The molecule has 1 heterocycles. The number of hydrogen-bond acceptors (Lipinski definition) is 4. The molecule has 1 aromatic heterocycles. The molecule has 0 aliphatic heterocycles. The van der Waals surface area contributed by atoms with Crippen LogP contribution in [0.4, 0.5) is 11.6 Å². The third-order valence-electron chi connectivity index (χ3n) is 2.65. The Morgan fingerprint density at radius 3 is 2.50 bits per heavy atom. The highest BCUT2D eigenvalue weighted by atomic mass is 15.2. The SMILES string of the molecule is CCCN(CC)c1ncnc(N)c1C(C)C. The van der Waals surface area contributed by atoms with E-state index in [-0.39, 0.29) is 0 Å². The summed E-state index contributed by atoms with van der Waals surface area (Å²) in [7, 11) is 0. The average Bonchev–Trinajstić information content (AvgIpc) is 2.25. The monoisotopic (exact) mass is 222 g/mol. The van der Waals surface area contributed by atoms with Crippen molar-refractivity contribution < 1.29 is 0 Å². The number of nitrogen functional groups attached to an aromatic ring is 1. The van der Waals surface area contributed by atoms with E-state index < -0.39 is 0 Å². The van der Waals surface area contributed by atoms with E-state index in [1.807, 2.05) is 0 Å². The van der Waals surface area contributed by atoms with E-state index in [0.717, 1.165) is 30.9 Å². The van der Waals surface area contributed by atoms with Gasteiger partial charge in [-0.1, -0.05) is 20.8 Å². The van der Waals surface area contributed by atoms with Crippen molar-refractivity contribution in [3.05, 3.63) is 11.9 Å². The topological polar surface area (TPSA) is 55.0 Å². The van der Waals surface area contributed by atoms with E-state index in [0.29, 0.717) is 11.7 Å². The van der Waals surface area contributed by atoms with E-state index in [2.05, 4.69) is 42.6 Å². The first-order chi connectivity index (χ1) is 7.61. The van der Waals surface area contributed by atoms with Crippen LogP contribution in [0.3, 0.4) is 0 Å². The van der Waals surface area contributed by atoms with E-state index in [1.54, 1.807) is 6.33 Å². The second-order valence-electron chi connectivity index (χ2n) is 4.23. The van der Waals surface area contributed by atoms with Crippen LogP contribution < -0.4 is 10.6 Å². The molecular weight excluding hydrogens is 200 g/mol. The maximum atomic E-state index is 5.93. The summed E-state index contributed by atoms with van der Waals surface area (Å²) < 4.78 is 0. The van der Waals surface area contributed by atoms with Crippen LogP contribution in [0, 0.1) is 0 Å². The van der Waals surface area contributed by atoms with Gasteiger partial charge in [0.2, 0.25) is 0 Å². The molecule has 0 bridgehead atoms. The number of hydrogen-bond donors (Lipinski definition) is 1. The number of aromatic nitrogens is 2. The van der Waals surface area contributed by atoms with Crippen molar-refractivity contribution >= 4 is 11.6 Å². The molecule has 0 fully saturated rings. The molecule has 2 N–H and O–H groups in total. The summed E-state index contributed by atoms with van der Waals surface area (Å²) in [5, 5.41) is 0. The van der Waals surface area contributed by atoms with Crippen LogP contribution in [0.1, 0.15) is 45.6 Å². The number of anilines is 2. The third kappa shape index (κ3) is 2.62. The highest BCUT2D eigenvalue weighted by molar-refractivity contribution is 5.58. The zero-order chi connectivity index (χ0) is 12.1. The van der Waals surface area contributed by atoms with Crippen LogP contribution in [0.25, 0.3) is 0 Å². The molecule has 0 aromatic carbocycles. The summed E-state index contributed by atoms with van der Waals surface area (Å²) in [4.78, 5) is 10.7. The van der Waals surface area contributed by atoms with Gasteiger partial charge in [0.1, 0.15) is 18.0 Å². The second-order valence-corrected chi connectivity index (χ2v) is 4.23. The predicted octanol–water partition coefficient (Wildman–Crippen LogP) is 2.42. The summed E-state index contributed by atoms with van der Waals surface area (Å²) >= 11 is 0. The zero-order valence-electron chi connectivity index (χ0n) is 10.7. The molecule has 4 nitrogen and oxygen atoms in total. The van der Waals surface area contributed by atoms with Crippen molar-refractivity contribution in [2.75, 3.05) is 23.7 Å². The Hall–Kier alpha value is -1.32. The lowest BCUT2D eigenvalue weighted by Gasteiger charge is -2.25. The normalized spacial score (nSPS) is 10.8. The summed E-state index contributed by atoms with van der Waals surface area (Å²) in [5.41, 5.74) is 7.00. The number of nitrogens with zero attached hydrogens (tertiary/aromatic N) is 3.